The summed E-state index contributed by atoms with van der Waals surface area (Å²) in [5, 5.41) is 24.6. The summed E-state index contributed by atoms with van der Waals surface area (Å²) in [6, 6.07) is 16.8. The van der Waals surface area contributed by atoms with Gasteiger partial charge < -0.3 is 10.6 Å². The number of hydrogen-bond acceptors (Lipinski definition) is 6. The summed E-state index contributed by atoms with van der Waals surface area (Å²) in [5.41, 5.74) is 0.0760. The Balaban J connectivity index is 1.53. The van der Waals surface area contributed by atoms with Gasteiger partial charge in [0.25, 0.3) is 0 Å². The zero-order valence-electron chi connectivity index (χ0n) is 24.0. The fourth-order valence-corrected chi connectivity index (χ4v) is 5.07. The minimum absolute atomic E-state index is 0.0545. The van der Waals surface area contributed by atoms with Gasteiger partial charge >= 0.3 is 6.18 Å². The molecule has 0 amide bonds. The van der Waals surface area contributed by atoms with E-state index in [4.69, 9.17) is 0 Å². The molecule has 0 radical (unpaired) electrons. The van der Waals surface area contributed by atoms with Crippen molar-refractivity contribution in [1.82, 2.24) is 20.0 Å². The molecule has 5 aromatic rings. The van der Waals surface area contributed by atoms with Crippen LogP contribution in [-0.2, 0) is 6.18 Å². The first-order chi connectivity index (χ1) is 21.1. The third-order valence-electron chi connectivity index (χ3n) is 7.42. The average Bonchev–Trinajstić information content (AvgIpc) is 3.75. The molecule has 11 heteroatoms. The number of benzene rings is 3. The Morgan fingerprint density at radius 3 is 2.47 bits per heavy atom. The molecular weight excluding hydrogens is 558 g/mol. The number of hydrogen-bond donors (Lipinski definition) is 2. The van der Waals surface area contributed by atoms with Crippen LogP contribution in [0.2, 0.25) is 0 Å². The number of rotatable bonds is 9. The second kappa shape index (κ2) is 11.4. The van der Waals surface area contributed by atoms with Crippen LogP contribution >= 0.6 is 0 Å². The van der Waals surface area contributed by atoms with E-state index in [-0.39, 0.29) is 51.2 Å². The highest BCUT2D eigenvalue weighted by Gasteiger charge is 2.35. The second-order valence-electron chi connectivity index (χ2n) is 10.4. The third kappa shape index (κ3) is 5.86. The Morgan fingerprint density at radius 1 is 1.07 bits per heavy atom. The normalized spacial score (nSPS) is 15.8. The SMILES string of the molecule is [2H][C@](Nc1cc(C(F)(F)F)c2ncc(C#N)c(N[C@H](CC)c3ccccc3)c2c1)(c1ccc(F)cc1)c1cn(C2CC2)nn1. The van der Waals surface area contributed by atoms with Gasteiger partial charge in [0.2, 0.25) is 0 Å². The molecule has 2 heterocycles. The van der Waals surface area contributed by atoms with Crippen molar-refractivity contribution >= 4 is 22.3 Å². The van der Waals surface area contributed by atoms with Gasteiger partial charge in [0.1, 0.15) is 17.6 Å². The van der Waals surface area contributed by atoms with Crippen molar-refractivity contribution in [3.63, 3.8) is 0 Å². The zero-order valence-corrected chi connectivity index (χ0v) is 23.0. The van der Waals surface area contributed by atoms with Crippen molar-refractivity contribution in [2.24, 2.45) is 0 Å². The van der Waals surface area contributed by atoms with Crippen LogP contribution in [0.15, 0.2) is 79.1 Å². The number of alkyl halides is 3. The number of halogens is 4. The number of fused-ring (bicyclic) bond motifs is 1. The molecular formula is C32H27F4N7. The molecule has 7 nitrogen and oxygen atoms in total. The molecule has 1 aliphatic rings. The van der Waals surface area contributed by atoms with E-state index in [1.165, 1.54) is 30.3 Å². The summed E-state index contributed by atoms with van der Waals surface area (Å²) < 4.78 is 68.7. The topological polar surface area (TPSA) is 91.5 Å². The molecule has 0 unspecified atom stereocenters. The Kier molecular flexibility index (Phi) is 7.10. The van der Waals surface area contributed by atoms with E-state index in [0.29, 0.717) is 6.42 Å². The van der Waals surface area contributed by atoms with Crippen LogP contribution < -0.4 is 10.6 Å². The van der Waals surface area contributed by atoms with Gasteiger partial charge in [-0.3, -0.25) is 4.98 Å². The van der Waals surface area contributed by atoms with Gasteiger partial charge in [0.15, 0.2) is 0 Å². The molecule has 2 aromatic heterocycles. The summed E-state index contributed by atoms with van der Waals surface area (Å²) >= 11 is 0. The molecule has 0 spiro atoms. The molecule has 1 aliphatic carbocycles. The predicted octanol–water partition coefficient (Wildman–Crippen LogP) is 7.96. The van der Waals surface area contributed by atoms with Crippen LogP contribution in [0, 0.1) is 17.1 Å². The number of pyridine rings is 1. The van der Waals surface area contributed by atoms with E-state index >= 15 is 0 Å². The van der Waals surface area contributed by atoms with E-state index in [0.717, 1.165) is 30.7 Å². The average molecular weight is 587 g/mol. The zero-order chi connectivity index (χ0) is 31.1. The standard InChI is InChI=1S/C32H27F4N7/c1-2-27(19-6-4-3-5-7-19)40-29-21(16-37)17-38-31-25(29)14-23(15-26(31)32(34,35)36)39-30(20-8-10-22(33)11-9-20)28-18-43(42-41-28)24-12-13-24/h3-11,14-15,17-18,24,27,30,39H,2,12-13H2,1H3,(H,38,40)/t27-,30+/m1/s1/i30D. The van der Waals surface area contributed by atoms with Gasteiger partial charge in [-0.25, -0.2) is 9.07 Å². The first kappa shape index (κ1) is 26.9. The van der Waals surface area contributed by atoms with E-state index in [9.17, 15) is 24.2 Å². The van der Waals surface area contributed by atoms with E-state index in [2.05, 4.69) is 32.0 Å². The molecule has 2 N–H and O–H groups in total. The first-order valence-corrected chi connectivity index (χ1v) is 13.8. The number of nitrogens with one attached hydrogen (secondary N) is 2. The number of nitrogens with zero attached hydrogens (tertiary/aromatic N) is 5. The molecule has 1 fully saturated rings. The van der Waals surface area contributed by atoms with Crippen LogP contribution in [0.5, 0.6) is 0 Å². The lowest BCUT2D eigenvalue weighted by atomic mass is 9.99. The molecule has 218 valence electrons. The van der Waals surface area contributed by atoms with Crippen molar-refractivity contribution in [3.05, 3.63) is 113 Å². The van der Waals surface area contributed by atoms with Gasteiger partial charge in [-0.05, 0) is 54.7 Å². The van der Waals surface area contributed by atoms with Gasteiger partial charge in [-0.1, -0.05) is 54.6 Å². The Labute approximate surface area is 246 Å². The van der Waals surface area contributed by atoms with Gasteiger partial charge in [0.05, 0.1) is 48.0 Å². The van der Waals surface area contributed by atoms with Gasteiger partial charge in [-0.15, -0.1) is 5.10 Å². The maximum atomic E-state index is 14.6. The summed E-state index contributed by atoms with van der Waals surface area (Å²) in [5.74, 6) is -0.530. The molecule has 43 heavy (non-hydrogen) atoms. The quantitative estimate of drug-likeness (QED) is 0.170. The minimum atomic E-state index is -4.81. The number of nitriles is 1. The minimum Gasteiger partial charge on any atom is -0.377 e. The van der Waals surface area contributed by atoms with Crippen LogP contribution in [0.1, 0.15) is 73.6 Å². The lowest BCUT2D eigenvalue weighted by Crippen LogP contribution is -2.16. The number of aromatic nitrogens is 4. The highest BCUT2D eigenvalue weighted by molar-refractivity contribution is 5.98. The first-order valence-electron chi connectivity index (χ1n) is 14.3. The van der Waals surface area contributed by atoms with E-state index < -0.39 is 23.6 Å². The van der Waals surface area contributed by atoms with Crippen LogP contribution in [-0.4, -0.2) is 20.0 Å². The molecule has 0 bridgehead atoms. The largest absolute Gasteiger partial charge is 0.418 e. The summed E-state index contributed by atoms with van der Waals surface area (Å²) in [7, 11) is 0. The predicted molar refractivity (Wildman–Crippen MR) is 155 cm³/mol. The molecule has 6 rings (SSSR count). The second-order valence-corrected chi connectivity index (χ2v) is 10.4. The fourth-order valence-electron chi connectivity index (χ4n) is 5.07. The van der Waals surface area contributed by atoms with Crippen molar-refractivity contribution in [2.75, 3.05) is 10.6 Å². The molecule has 0 aliphatic heterocycles. The smallest absolute Gasteiger partial charge is 0.377 e. The van der Waals surface area contributed by atoms with Crippen LogP contribution in [0.3, 0.4) is 0 Å². The van der Waals surface area contributed by atoms with E-state index in [1.807, 2.05) is 37.3 Å². The summed E-state index contributed by atoms with van der Waals surface area (Å²) in [4.78, 5) is 4.05. The highest BCUT2D eigenvalue weighted by atomic mass is 19.4. The van der Waals surface area contributed by atoms with Crippen LogP contribution in [0.25, 0.3) is 10.9 Å². The summed E-state index contributed by atoms with van der Waals surface area (Å²) in [6.45, 7) is 1.93. The van der Waals surface area contributed by atoms with Gasteiger partial charge in [-0.2, -0.15) is 18.4 Å². The van der Waals surface area contributed by atoms with Crippen LogP contribution in [0.4, 0.5) is 28.9 Å². The summed E-state index contributed by atoms with van der Waals surface area (Å²) in [6.07, 6.45) is 0.300. The Hall–Kier alpha value is -4.98. The maximum Gasteiger partial charge on any atom is 0.418 e. The lowest BCUT2D eigenvalue weighted by molar-refractivity contribution is -0.136. The molecule has 0 saturated heterocycles. The molecule has 1 saturated carbocycles. The Morgan fingerprint density at radius 2 is 1.81 bits per heavy atom. The van der Waals surface area contributed by atoms with Gasteiger partial charge in [0, 0.05) is 17.3 Å². The highest BCUT2D eigenvalue weighted by Crippen LogP contribution is 2.41. The number of anilines is 2. The van der Waals surface area contributed by atoms with Crippen molar-refractivity contribution < 1.29 is 18.9 Å². The fraction of sp³-hybridized carbons (Fsp3) is 0.250. The lowest BCUT2D eigenvalue weighted by Gasteiger charge is -2.23. The maximum absolute atomic E-state index is 14.6. The van der Waals surface area contributed by atoms with Crippen molar-refractivity contribution in [1.29, 1.82) is 5.26 Å². The van der Waals surface area contributed by atoms with E-state index in [1.54, 1.807) is 10.9 Å². The monoisotopic (exact) mass is 586 g/mol. The third-order valence-corrected chi connectivity index (χ3v) is 7.42. The molecule has 3 aromatic carbocycles. The Bertz CT molecular complexity index is 1850. The molecule has 2 atom stereocenters. The van der Waals surface area contributed by atoms with Crippen molar-refractivity contribution in [3.8, 4) is 6.07 Å². The van der Waals surface area contributed by atoms with Crippen molar-refractivity contribution in [2.45, 2.75) is 50.5 Å².